The van der Waals surface area contributed by atoms with Crippen LogP contribution in [0.2, 0.25) is 0 Å². The Bertz CT molecular complexity index is 381. The Balaban J connectivity index is 2.52. The van der Waals surface area contributed by atoms with Crippen LogP contribution < -0.4 is 5.32 Å². The summed E-state index contributed by atoms with van der Waals surface area (Å²) >= 11 is 0. The fourth-order valence-corrected chi connectivity index (χ4v) is 1.11. The predicted molar refractivity (Wildman–Crippen MR) is 53.3 cm³/mol. The Kier molecular flexibility index (Phi) is 3.81. The highest BCUT2D eigenvalue weighted by atomic mass is 19.1. The van der Waals surface area contributed by atoms with Gasteiger partial charge in [-0.1, -0.05) is 12.1 Å². The van der Waals surface area contributed by atoms with Crippen LogP contribution in [0.15, 0.2) is 24.3 Å². The molecular weight excluding hydrogens is 195 g/mol. The second-order valence-electron chi connectivity index (χ2n) is 3.22. The molecule has 1 aromatic rings. The van der Waals surface area contributed by atoms with E-state index < -0.39 is 6.04 Å². The molecule has 0 radical (unpaired) electrons. The molecule has 0 saturated carbocycles. The zero-order valence-corrected chi connectivity index (χ0v) is 8.33. The van der Waals surface area contributed by atoms with E-state index >= 15 is 0 Å². The molecule has 0 heterocycles. The van der Waals surface area contributed by atoms with Crippen molar-refractivity contribution in [2.75, 3.05) is 0 Å². The first kappa shape index (κ1) is 11.2. The number of hydrogen-bond acceptors (Lipinski definition) is 2. The number of carbonyl (C=O) groups excluding carboxylic acids is 1. The molecule has 1 unspecified atom stereocenters. The lowest BCUT2D eigenvalue weighted by Gasteiger charge is -2.05. The van der Waals surface area contributed by atoms with Crippen LogP contribution in [0.3, 0.4) is 0 Å². The molecule has 0 bridgehead atoms. The molecule has 1 rings (SSSR count). The SMILES string of the molecule is CC(C#N)NC(=O)Cc1ccc(F)cc1. The first-order valence-corrected chi connectivity index (χ1v) is 4.55. The zero-order chi connectivity index (χ0) is 11.3. The minimum Gasteiger partial charge on any atom is -0.340 e. The van der Waals surface area contributed by atoms with E-state index in [1.165, 1.54) is 12.1 Å². The van der Waals surface area contributed by atoms with Crippen molar-refractivity contribution in [1.29, 1.82) is 5.26 Å². The minimum atomic E-state index is -0.502. The highest BCUT2D eigenvalue weighted by Crippen LogP contribution is 2.03. The highest BCUT2D eigenvalue weighted by molar-refractivity contribution is 5.79. The van der Waals surface area contributed by atoms with Crippen molar-refractivity contribution in [1.82, 2.24) is 5.32 Å². The van der Waals surface area contributed by atoms with Gasteiger partial charge in [0, 0.05) is 0 Å². The van der Waals surface area contributed by atoms with Gasteiger partial charge >= 0.3 is 0 Å². The number of halogens is 1. The van der Waals surface area contributed by atoms with E-state index in [9.17, 15) is 9.18 Å². The summed E-state index contributed by atoms with van der Waals surface area (Å²) in [4.78, 5) is 11.3. The van der Waals surface area contributed by atoms with Crippen molar-refractivity contribution in [3.05, 3.63) is 35.6 Å². The quantitative estimate of drug-likeness (QED) is 0.812. The number of carbonyl (C=O) groups is 1. The Morgan fingerprint density at radius 3 is 2.67 bits per heavy atom. The van der Waals surface area contributed by atoms with Gasteiger partial charge in [0.15, 0.2) is 0 Å². The average Bonchev–Trinajstić information content (AvgIpc) is 2.21. The minimum absolute atomic E-state index is 0.159. The number of benzene rings is 1. The first-order valence-electron chi connectivity index (χ1n) is 4.55. The van der Waals surface area contributed by atoms with Crippen molar-refractivity contribution in [2.45, 2.75) is 19.4 Å². The summed E-state index contributed by atoms with van der Waals surface area (Å²) in [6.45, 7) is 1.60. The molecule has 0 spiro atoms. The summed E-state index contributed by atoms with van der Waals surface area (Å²) in [6.07, 6.45) is 0.159. The lowest BCUT2D eigenvalue weighted by molar-refractivity contribution is -0.120. The number of hydrogen-bond donors (Lipinski definition) is 1. The summed E-state index contributed by atoms with van der Waals surface area (Å²) in [5.74, 6) is -0.569. The van der Waals surface area contributed by atoms with Crippen molar-refractivity contribution >= 4 is 5.91 Å². The van der Waals surface area contributed by atoms with Gasteiger partial charge in [0.25, 0.3) is 0 Å². The van der Waals surface area contributed by atoms with Crippen LogP contribution in [0.25, 0.3) is 0 Å². The van der Waals surface area contributed by atoms with Crippen LogP contribution in [0.4, 0.5) is 4.39 Å². The normalized spacial score (nSPS) is 11.5. The molecular formula is C11H11FN2O. The van der Waals surface area contributed by atoms with E-state index in [2.05, 4.69) is 5.32 Å². The van der Waals surface area contributed by atoms with Crippen molar-refractivity contribution in [2.24, 2.45) is 0 Å². The van der Waals surface area contributed by atoms with Gasteiger partial charge in [0.05, 0.1) is 12.5 Å². The molecule has 78 valence electrons. The zero-order valence-electron chi connectivity index (χ0n) is 8.33. The summed E-state index contributed by atoms with van der Waals surface area (Å²) < 4.78 is 12.5. The Hall–Kier alpha value is -1.89. The molecule has 1 atom stereocenters. The molecule has 0 saturated heterocycles. The van der Waals surface area contributed by atoms with Crippen LogP contribution in [0.5, 0.6) is 0 Å². The number of rotatable bonds is 3. The third-order valence-corrected chi connectivity index (χ3v) is 1.85. The molecule has 1 aromatic carbocycles. The summed E-state index contributed by atoms with van der Waals surface area (Å²) in [5, 5.41) is 11.0. The molecule has 15 heavy (non-hydrogen) atoms. The maximum absolute atomic E-state index is 12.5. The maximum atomic E-state index is 12.5. The fraction of sp³-hybridized carbons (Fsp3) is 0.273. The van der Waals surface area contributed by atoms with Crippen molar-refractivity contribution < 1.29 is 9.18 Å². The Morgan fingerprint density at radius 1 is 1.53 bits per heavy atom. The van der Waals surface area contributed by atoms with Gasteiger partial charge in [0.2, 0.25) is 5.91 Å². The smallest absolute Gasteiger partial charge is 0.225 e. The molecule has 3 nitrogen and oxygen atoms in total. The van der Waals surface area contributed by atoms with Crippen LogP contribution in [-0.4, -0.2) is 11.9 Å². The first-order chi connectivity index (χ1) is 7.11. The number of nitrogens with zero attached hydrogens (tertiary/aromatic N) is 1. The number of nitriles is 1. The second kappa shape index (κ2) is 5.11. The summed E-state index contributed by atoms with van der Waals surface area (Å²) in [6, 6.07) is 7.10. The average molecular weight is 206 g/mol. The lowest BCUT2D eigenvalue weighted by Crippen LogP contribution is -2.32. The van der Waals surface area contributed by atoms with E-state index in [0.717, 1.165) is 5.56 Å². The monoisotopic (exact) mass is 206 g/mol. The van der Waals surface area contributed by atoms with Gasteiger partial charge in [-0.3, -0.25) is 4.79 Å². The van der Waals surface area contributed by atoms with Crippen LogP contribution in [0, 0.1) is 17.1 Å². The van der Waals surface area contributed by atoms with Gasteiger partial charge < -0.3 is 5.32 Å². The molecule has 1 amide bonds. The van der Waals surface area contributed by atoms with Crippen LogP contribution >= 0.6 is 0 Å². The van der Waals surface area contributed by atoms with Gasteiger partial charge in [-0.05, 0) is 24.6 Å². The largest absolute Gasteiger partial charge is 0.340 e. The highest BCUT2D eigenvalue weighted by Gasteiger charge is 2.06. The molecule has 1 N–H and O–H groups in total. The third kappa shape index (κ3) is 3.77. The topological polar surface area (TPSA) is 52.9 Å². The van der Waals surface area contributed by atoms with Gasteiger partial charge in [-0.25, -0.2) is 4.39 Å². The second-order valence-corrected chi connectivity index (χ2v) is 3.22. The number of amides is 1. The van der Waals surface area contributed by atoms with E-state index in [1.54, 1.807) is 19.1 Å². The van der Waals surface area contributed by atoms with Gasteiger partial charge in [0.1, 0.15) is 11.9 Å². The van der Waals surface area contributed by atoms with E-state index in [1.807, 2.05) is 6.07 Å². The molecule has 0 aliphatic rings. The molecule has 0 aliphatic heterocycles. The van der Waals surface area contributed by atoms with Gasteiger partial charge in [-0.2, -0.15) is 5.26 Å². The Morgan fingerprint density at radius 2 is 2.13 bits per heavy atom. The lowest BCUT2D eigenvalue weighted by atomic mass is 10.1. The molecule has 0 aliphatic carbocycles. The summed E-state index contributed by atoms with van der Waals surface area (Å²) in [5.41, 5.74) is 0.721. The van der Waals surface area contributed by atoms with E-state index in [-0.39, 0.29) is 18.1 Å². The molecule has 0 aromatic heterocycles. The number of nitrogens with one attached hydrogen (secondary N) is 1. The molecule has 0 fully saturated rings. The summed E-state index contributed by atoms with van der Waals surface area (Å²) in [7, 11) is 0. The maximum Gasteiger partial charge on any atom is 0.225 e. The molecule has 4 heteroatoms. The van der Waals surface area contributed by atoms with Crippen LogP contribution in [0.1, 0.15) is 12.5 Å². The van der Waals surface area contributed by atoms with Crippen molar-refractivity contribution in [3.8, 4) is 6.07 Å². The van der Waals surface area contributed by atoms with Crippen LogP contribution in [-0.2, 0) is 11.2 Å². The van der Waals surface area contributed by atoms with E-state index in [4.69, 9.17) is 5.26 Å². The van der Waals surface area contributed by atoms with E-state index in [0.29, 0.717) is 0 Å². The standard InChI is InChI=1S/C11H11FN2O/c1-8(7-13)14-11(15)6-9-2-4-10(12)5-3-9/h2-5,8H,6H2,1H3,(H,14,15). The van der Waals surface area contributed by atoms with Gasteiger partial charge in [-0.15, -0.1) is 0 Å². The Labute approximate surface area is 87.5 Å². The fourth-order valence-electron chi connectivity index (χ4n) is 1.11. The third-order valence-electron chi connectivity index (χ3n) is 1.85. The van der Waals surface area contributed by atoms with Crippen molar-refractivity contribution in [3.63, 3.8) is 0 Å². The predicted octanol–water partition coefficient (Wildman–Crippen LogP) is 1.40.